The topological polar surface area (TPSA) is 116 Å². The minimum Gasteiger partial charge on any atom is -0.358 e. The summed E-state index contributed by atoms with van der Waals surface area (Å²) < 4.78 is 13.7. The van der Waals surface area contributed by atoms with Gasteiger partial charge in [-0.1, -0.05) is 6.07 Å². The molecular weight excluding hydrogens is 485 g/mol. The highest BCUT2D eigenvalue weighted by atomic mass is 19.1. The average Bonchev–Trinajstić information content (AvgIpc) is 3.36. The number of aromatic amines is 1. The van der Waals surface area contributed by atoms with E-state index in [9.17, 15) is 18.8 Å². The number of aromatic nitrogens is 2. The quantitative estimate of drug-likeness (QED) is 0.237. The van der Waals surface area contributed by atoms with Crippen LogP contribution in [0.5, 0.6) is 0 Å². The molecule has 4 rings (SSSR count). The standard InChI is InChI=1S/C29H30FN5O3/c1-18-25(16-23-22-15-21(30)9-10-24(22)35-28(23)37)34-19(2)27(18)29(38)33-14-5-3-4-13-32-26(36)11-8-20-7-6-12-31-17-20/h6-12,15-17,34H,3-5,13-14H2,1-2H3,(H,32,36)(H,33,38)(H,35,37)/b11-8+,23-16?. The number of halogens is 1. The second kappa shape index (κ2) is 12.1. The van der Waals surface area contributed by atoms with Crippen LogP contribution in [0, 0.1) is 19.7 Å². The van der Waals surface area contributed by atoms with Gasteiger partial charge < -0.3 is 20.9 Å². The van der Waals surface area contributed by atoms with Crippen LogP contribution in [-0.2, 0) is 9.59 Å². The SMILES string of the molecule is Cc1[nH]c(C=C2C(=O)Nc3ccc(F)cc32)c(C)c1C(=O)NCCCCCNC(=O)/C=C/c1cccnc1. The second-order valence-corrected chi connectivity index (χ2v) is 9.09. The first-order valence-corrected chi connectivity index (χ1v) is 12.5. The summed E-state index contributed by atoms with van der Waals surface area (Å²) in [5.41, 5.74) is 4.82. The molecule has 1 aromatic carbocycles. The van der Waals surface area contributed by atoms with Gasteiger partial charge in [-0.3, -0.25) is 19.4 Å². The van der Waals surface area contributed by atoms with E-state index < -0.39 is 5.82 Å². The lowest BCUT2D eigenvalue weighted by Gasteiger charge is -2.07. The van der Waals surface area contributed by atoms with Crippen LogP contribution in [-0.4, -0.2) is 40.8 Å². The second-order valence-electron chi connectivity index (χ2n) is 9.09. The van der Waals surface area contributed by atoms with Crippen molar-refractivity contribution < 1.29 is 18.8 Å². The van der Waals surface area contributed by atoms with Crippen molar-refractivity contribution in [3.8, 4) is 0 Å². The zero-order valence-electron chi connectivity index (χ0n) is 21.4. The first-order valence-electron chi connectivity index (χ1n) is 12.5. The Bertz CT molecular complexity index is 1410. The molecule has 2 aromatic heterocycles. The van der Waals surface area contributed by atoms with Gasteiger partial charge in [-0.2, -0.15) is 0 Å². The molecule has 38 heavy (non-hydrogen) atoms. The maximum absolute atomic E-state index is 13.7. The molecule has 0 fully saturated rings. The molecule has 0 spiro atoms. The van der Waals surface area contributed by atoms with Crippen LogP contribution in [0.25, 0.3) is 17.7 Å². The highest BCUT2D eigenvalue weighted by Gasteiger charge is 2.26. The van der Waals surface area contributed by atoms with Crippen molar-refractivity contribution in [2.24, 2.45) is 0 Å². The van der Waals surface area contributed by atoms with Crippen LogP contribution in [0.15, 0.2) is 48.8 Å². The molecule has 0 aliphatic carbocycles. The van der Waals surface area contributed by atoms with Crippen LogP contribution in [0.1, 0.15) is 57.7 Å². The Labute approximate surface area is 220 Å². The van der Waals surface area contributed by atoms with Crippen LogP contribution in [0.3, 0.4) is 0 Å². The molecule has 4 N–H and O–H groups in total. The fourth-order valence-corrected chi connectivity index (χ4v) is 4.34. The minimum atomic E-state index is -0.425. The van der Waals surface area contributed by atoms with Gasteiger partial charge in [-0.05, 0) is 80.7 Å². The number of anilines is 1. The lowest BCUT2D eigenvalue weighted by molar-refractivity contribution is -0.116. The molecule has 3 aromatic rings. The van der Waals surface area contributed by atoms with E-state index in [1.54, 1.807) is 31.5 Å². The molecule has 9 heteroatoms. The van der Waals surface area contributed by atoms with E-state index in [0.717, 1.165) is 24.8 Å². The summed E-state index contributed by atoms with van der Waals surface area (Å²) in [6.45, 7) is 4.68. The molecule has 0 unspecified atom stereocenters. The van der Waals surface area contributed by atoms with Gasteiger partial charge in [-0.25, -0.2) is 4.39 Å². The van der Waals surface area contributed by atoms with Crippen molar-refractivity contribution in [1.29, 1.82) is 0 Å². The Kier molecular flexibility index (Phi) is 8.47. The number of nitrogens with one attached hydrogen (secondary N) is 4. The molecule has 1 aliphatic heterocycles. The minimum absolute atomic E-state index is 0.157. The smallest absolute Gasteiger partial charge is 0.256 e. The highest BCUT2D eigenvalue weighted by Crippen LogP contribution is 2.34. The van der Waals surface area contributed by atoms with Crippen LogP contribution in [0.2, 0.25) is 0 Å². The Balaban J connectivity index is 1.24. The molecule has 0 radical (unpaired) electrons. The molecule has 0 saturated heterocycles. The molecular formula is C29H30FN5O3. The largest absolute Gasteiger partial charge is 0.358 e. The summed E-state index contributed by atoms with van der Waals surface area (Å²) in [6.07, 6.45) is 10.6. The summed E-state index contributed by atoms with van der Waals surface area (Å²) in [5.74, 6) is -1.10. The Morgan fingerprint density at radius 3 is 2.63 bits per heavy atom. The van der Waals surface area contributed by atoms with Gasteiger partial charge >= 0.3 is 0 Å². The maximum Gasteiger partial charge on any atom is 0.256 e. The van der Waals surface area contributed by atoms with Crippen LogP contribution >= 0.6 is 0 Å². The van der Waals surface area contributed by atoms with Gasteiger partial charge in [0.05, 0.1) is 11.1 Å². The zero-order valence-corrected chi connectivity index (χ0v) is 21.4. The predicted molar refractivity (Wildman–Crippen MR) is 146 cm³/mol. The number of pyridine rings is 1. The van der Waals surface area contributed by atoms with Crippen molar-refractivity contribution >= 4 is 41.1 Å². The number of carbonyl (C=O) groups excluding carboxylic acids is 3. The first-order chi connectivity index (χ1) is 18.3. The predicted octanol–water partition coefficient (Wildman–Crippen LogP) is 4.39. The normalized spacial score (nSPS) is 13.6. The molecule has 0 bridgehead atoms. The summed E-state index contributed by atoms with van der Waals surface area (Å²) in [4.78, 5) is 44.4. The number of aryl methyl sites for hydroxylation is 1. The number of nitrogens with zero attached hydrogens (tertiary/aromatic N) is 1. The van der Waals surface area contributed by atoms with Gasteiger partial charge in [0.25, 0.3) is 11.8 Å². The maximum atomic E-state index is 13.7. The number of benzene rings is 1. The molecule has 8 nitrogen and oxygen atoms in total. The fourth-order valence-electron chi connectivity index (χ4n) is 4.34. The Hall–Kier alpha value is -4.53. The van der Waals surface area contributed by atoms with E-state index in [0.29, 0.717) is 52.4 Å². The van der Waals surface area contributed by atoms with E-state index in [2.05, 4.69) is 25.9 Å². The summed E-state index contributed by atoms with van der Waals surface area (Å²) in [7, 11) is 0. The summed E-state index contributed by atoms with van der Waals surface area (Å²) in [6, 6.07) is 7.83. The number of hydrogen-bond acceptors (Lipinski definition) is 4. The molecule has 196 valence electrons. The van der Waals surface area contributed by atoms with E-state index in [-0.39, 0.29) is 17.7 Å². The molecule has 3 amide bonds. The van der Waals surface area contributed by atoms with Crippen molar-refractivity contribution in [2.75, 3.05) is 18.4 Å². The van der Waals surface area contributed by atoms with Crippen molar-refractivity contribution in [3.63, 3.8) is 0 Å². The first kappa shape index (κ1) is 26.5. The van der Waals surface area contributed by atoms with Crippen LogP contribution < -0.4 is 16.0 Å². The molecule has 0 atom stereocenters. The summed E-state index contributed by atoms with van der Waals surface area (Å²) in [5, 5.41) is 8.52. The third-order valence-electron chi connectivity index (χ3n) is 6.31. The number of amides is 3. The Morgan fingerprint density at radius 1 is 1.08 bits per heavy atom. The van der Waals surface area contributed by atoms with Gasteiger partial charge in [0.15, 0.2) is 0 Å². The number of rotatable bonds is 10. The van der Waals surface area contributed by atoms with E-state index in [4.69, 9.17) is 0 Å². The fraction of sp³-hybridized carbons (Fsp3) is 0.241. The third-order valence-corrected chi connectivity index (χ3v) is 6.31. The van der Waals surface area contributed by atoms with Gasteiger partial charge in [0.1, 0.15) is 5.82 Å². The Morgan fingerprint density at radius 2 is 1.87 bits per heavy atom. The van der Waals surface area contributed by atoms with Crippen LogP contribution in [0.4, 0.5) is 10.1 Å². The van der Waals surface area contributed by atoms with Gasteiger partial charge in [0, 0.05) is 54.2 Å². The molecule has 3 heterocycles. The van der Waals surface area contributed by atoms with Crippen molar-refractivity contribution in [3.05, 3.63) is 88.3 Å². The number of hydrogen-bond donors (Lipinski definition) is 4. The van der Waals surface area contributed by atoms with Gasteiger partial charge in [0.2, 0.25) is 5.91 Å². The number of H-pyrrole nitrogens is 1. The van der Waals surface area contributed by atoms with E-state index >= 15 is 0 Å². The van der Waals surface area contributed by atoms with Crippen molar-refractivity contribution in [2.45, 2.75) is 33.1 Å². The van der Waals surface area contributed by atoms with Gasteiger partial charge in [-0.15, -0.1) is 0 Å². The summed E-state index contributed by atoms with van der Waals surface area (Å²) >= 11 is 0. The highest BCUT2D eigenvalue weighted by molar-refractivity contribution is 6.34. The lowest BCUT2D eigenvalue weighted by Crippen LogP contribution is -2.26. The number of unbranched alkanes of at least 4 members (excludes halogenated alkanes) is 2. The zero-order chi connectivity index (χ0) is 27.1. The number of fused-ring (bicyclic) bond motifs is 1. The van der Waals surface area contributed by atoms with E-state index in [1.807, 2.05) is 19.1 Å². The molecule has 1 aliphatic rings. The third kappa shape index (κ3) is 6.42. The number of carbonyl (C=O) groups is 3. The lowest BCUT2D eigenvalue weighted by atomic mass is 10.0. The van der Waals surface area contributed by atoms with Crippen molar-refractivity contribution in [1.82, 2.24) is 20.6 Å². The van der Waals surface area contributed by atoms with E-state index in [1.165, 1.54) is 24.3 Å². The molecule has 0 saturated carbocycles. The monoisotopic (exact) mass is 515 g/mol. The average molecular weight is 516 g/mol.